The molecule has 11 nitrogen and oxygen atoms in total. The van der Waals surface area contributed by atoms with Crippen LogP contribution in [0.4, 0.5) is 5.95 Å². The van der Waals surface area contributed by atoms with Crippen LogP contribution in [-0.4, -0.2) is 71.4 Å². The molecule has 0 aliphatic heterocycles. The normalized spacial score (nSPS) is 12.4. The number of carboxylic acid groups (broad SMARTS) is 1. The summed E-state index contributed by atoms with van der Waals surface area (Å²) in [7, 11) is -2.81. The number of fused-ring (bicyclic) bond motifs is 1. The number of hydrogen-bond donors (Lipinski definition) is 4. The minimum Gasteiger partial charge on any atom is -0.480 e. The lowest BCUT2D eigenvalue weighted by Crippen LogP contribution is -2.48. The summed E-state index contributed by atoms with van der Waals surface area (Å²) in [6.45, 7) is 1.74. The number of nitrogens with one attached hydrogen (secondary N) is 3. The minimum absolute atomic E-state index is 0.0487. The second kappa shape index (κ2) is 10.4. The number of aliphatic carboxylic acids is 1. The summed E-state index contributed by atoms with van der Waals surface area (Å²) in [6, 6.07) is 5.47. The molecule has 1 aromatic carbocycles. The van der Waals surface area contributed by atoms with E-state index in [-0.39, 0.29) is 11.3 Å². The second-order valence-electron chi connectivity index (χ2n) is 7.61. The summed E-state index contributed by atoms with van der Waals surface area (Å²) in [5, 5.41) is 12.7. The molecule has 176 valence electrons. The molecule has 0 spiro atoms. The third-order valence-electron chi connectivity index (χ3n) is 4.90. The van der Waals surface area contributed by atoms with E-state index in [1.165, 1.54) is 13.1 Å². The van der Waals surface area contributed by atoms with Gasteiger partial charge in [0.25, 0.3) is 0 Å². The highest BCUT2D eigenvalue weighted by atomic mass is 32.2. The molecule has 1 amide bonds. The average molecular weight is 475 g/mol. The first-order valence-corrected chi connectivity index (χ1v) is 11.7. The Hall–Kier alpha value is -3.51. The number of anilines is 1. The Morgan fingerprint density at radius 1 is 1.27 bits per heavy atom. The van der Waals surface area contributed by atoms with Crippen molar-refractivity contribution in [1.82, 2.24) is 24.6 Å². The predicted octanol–water partition coefficient (Wildman–Crippen LogP) is 1.35. The zero-order chi connectivity index (χ0) is 24.0. The smallest absolute Gasteiger partial charge is 0.323 e. The number of aromatic amines is 1. The number of carbonyl (C=O) groups excluding carboxylic acids is 1. The molecule has 0 saturated carbocycles. The molecule has 3 rings (SSSR count). The summed E-state index contributed by atoms with van der Waals surface area (Å²) in [5.41, 5.74) is 1.18. The van der Waals surface area contributed by atoms with Crippen LogP contribution < -0.4 is 10.0 Å². The van der Waals surface area contributed by atoms with Crippen LogP contribution in [0.1, 0.15) is 18.4 Å². The van der Waals surface area contributed by atoms with E-state index in [9.17, 15) is 18.0 Å². The van der Waals surface area contributed by atoms with E-state index in [1.54, 1.807) is 30.7 Å². The van der Waals surface area contributed by atoms with E-state index in [0.29, 0.717) is 29.8 Å². The Balaban J connectivity index is 1.81. The highest BCUT2D eigenvalue weighted by molar-refractivity contribution is 7.89. The van der Waals surface area contributed by atoms with Gasteiger partial charge in [0.15, 0.2) is 5.95 Å². The van der Waals surface area contributed by atoms with E-state index in [1.807, 2.05) is 13.0 Å². The monoisotopic (exact) mass is 474 g/mol. The van der Waals surface area contributed by atoms with Crippen molar-refractivity contribution in [1.29, 1.82) is 0 Å². The van der Waals surface area contributed by atoms with Crippen LogP contribution in [0.5, 0.6) is 0 Å². The Bertz CT molecular complexity index is 1230. The Labute approximate surface area is 191 Å². The van der Waals surface area contributed by atoms with Gasteiger partial charge >= 0.3 is 5.97 Å². The molecule has 0 saturated heterocycles. The summed E-state index contributed by atoms with van der Waals surface area (Å²) < 4.78 is 28.9. The number of rotatable bonds is 11. The van der Waals surface area contributed by atoms with E-state index < -0.39 is 34.5 Å². The van der Waals surface area contributed by atoms with Crippen molar-refractivity contribution in [2.75, 3.05) is 25.5 Å². The highest BCUT2D eigenvalue weighted by Gasteiger charge is 2.29. The van der Waals surface area contributed by atoms with Crippen molar-refractivity contribution < 1.29 is 23.1 Å². The standard InChI is InChI=1S/C21H26N6O5S/c1-14-11-15-5-3-7-17(19(15)25-12-14)33(31,32)26-16(20(30)27(2)13-18(28)29)6-4-8-22-21-23-9-10-24-21/h3,5,7,9-12,16,26H,4,6,8,13H2,1-2H3,(H,28,29)(H2,22,23,24)/t16-/m0/s1. The molecule has 0 aliphatic carbocycles. The van der Waals surface area contributed by atoms with Gasteiger partial charge in [-0.25, -0.2) is 13.4 Å². The number of aromatic nitrogens is 3. The zero-order valence-electron chi connectivity index (χ0n) is 18.3. The summed E-state index contributed by atoms with van der Waals surface area (Å²) in [4.78, 5) is 36.1. The summed E-state index contributed by atoms with van der Waals surface area (Å²) in [5.74, 6) is -1.28. The number of H-pyrrole nitrogens is 1. The van der Waals surface area contributed by atoms with Crippen LogP contribution in [-0.2, 0) is 19.6 Å². The number of pyridine rings is 1. The molecule has 3 aromatic rings. The van der Waals surface area contributed by atoms with Gasteiger partial charge in [-0.15, -0.1) is 0 Å². The van der Waals surface area contributed by atoms with Crippen LogP contribution >= 0.6 is 0 Å². The second-order valence-corrected chi connectivity index (χ2v) is 9.29. The van der Waals surface area contributed by atoms with Crippen LogP contribution in [0.15, 0.2) is 47.8 Å². The molecule has 0 bridgehead atoms. The van der Waals surface area contributed by atoms with Gasteiger partial charge in [0.1, 0.15) is 17.5 Å². The Morgan fingerprint density at radius 2 is 2.06 bits per heavy atom. The number of hydrogen-bond acceptors (Lipinski definition) is 7. The summed E-state index contributed by atoms with van der Waals surface area (Å²) >= 11 is 0. The van der Waals surface area contributed by atoms with Gasteiger partial charge in [-0.1, -0.05) is 12.1 Å². The fourth-order valence-electron chi connectivity index (χ4n) is 3.37. The van der Waals surface area contributed by atoms with Crippen LogP contribution in [0.2, 0.25) is 0 Å². The average Bonchev–Trinajstić information content (AvgIpc) is 3.27. The number of amides is 1. The van der Waals surface area contributed by atoms with Crippen LogP contribution in [0.3, 0.4) is 0 Å². The zero-order valence-corrected chi connectivity index (χ0v) is 19.1. The number of carbonyl (C=O) groups is 2. The van der Waals surface area contributed by atoms with Crippen molar-refractivity contribution in [3.63, 3.8) is 0 Å². The third kappa shape index (κ3) is 6.26. The number of nitrogens with zero attached hydrogens (tertiary/aromatic N) is 3. The lowest BCUT2D eigenvalue weighted by Gasteiger charge is -2.23. The Morgan fingerprint density at radius 3 is 2.76 bits per heavy atom. The fraction of sp³-hybridized carbons (Fsp3) is 0.333. The van der Waals surface area contributed by atoms with Gasteiger partial charge in [-0.2, -0.15) is 4.72 Å². The first kappa shape index (κ1) is 24.1. The maximum Gasteiger partial charge on any atom is 0.323 e. The van der Waals surface area contributed by atoms with E-state index in [2.05, 4.69) is 25.0 Å². The number of sulfonamides is 1. The molecule has 33 heavy (non-hydrogen) atoms. The lowest BCUT2D eigenvalue weighted by molar-refractivity contribution is -0.144. The molecule has 2 aromatic heterocycles. The largest absolute Gasteiger partial charge is 0.480 e. The first-order chi connectivity index (χ1) is 15.7. The van der Waals surface area contributed by atoms with E-state index in [4.69, 9.17) is 5.11 Å². The number of aryl methyl sites for hydroxylation is 1. The number of likely N-dealkylation sites (N-methyl/N-ethyl adjacent to an activating group) is 1. The number of imidazole rings is 1. The van der Waals surface area contributed by atoms with Gasteiger partial charge in [0, 0.05) is 37.6 Å². The molecule has 1 atom stereocenters. The fourth-order valence-corrected chi connectivity index (χ4v) is 4.77. The molecule has 12 heteroatoms. The third-order valence-corrected chi connectivity index (χ3v) is 6.41. The van der Waals surface area contributed by atoms with Crippen molar-refractivity contribution in [3.8, 4) is 0 Å². The van der Waals surface area contributed by atoms with E-state index in [0.717, 1.165) is 10.5 Å². The highest BCUT2D eigenvalue weighted by Crippen LogP contribution is 2.22. The topological polar surface area (TPSA) is 157 Å². The van der Waals surface area contributed by atoms with Gasteiger partial charge < -0.3 is 20.3 Å². The maximum atomic E-state index is 13.2. The van der Waals surface area contributed by atoms with Crippen LogP contribution in [0.25, 0.3) is 10.9 Å². The summed E-state index contributed by atoms with van der Waals surface area (Å²) in [6.07, 6.45) is 5.39. The van der Waals surface area contributed by atoms with Crippen LogP contribution in [0, 0.1) is 6.92 Å². The molecule has 0 unspecified atom stereocenters. The maximum absolute atomic E-state index is 13.2. The van der Waals surface area contributed by atoms with Crippen molar-refractivity contribution >= 4 is 38.8 Å². The predicted molar refractivity (Wildman–Crippen MR) is 122 cm³/mol. The van der Waals surface area contributed by atoms with E-state index >= 15 is 0 Å². The molecule has 4 N–H and O–H groups in total. The number of para-hydroxylation sites is 1. The molecule has 0 radical (unpaired) electrons. The molecule has 0 aliphatic rings. The molecule has 2 heterocycles. The number of benzene rings is 1. The first-order valence-electron chi connectivity index (χ1n) is 10.2. The van der Waals surface area contributed by atoms with Gasteiger partial charge in [-0.3, -0.25) is 14.6 Å². The van der Waals surface area contributed by atoms with Gasteiger partial charge in [0.05, 0.1) is 5.52 Å². The van der Waals surface area contributed by atoms with Crippen molar-refractivity contribution in [2.24, 2.45) is 0 Å². The van der Waals surface area contributed by atoms with Gasteiger partial charge in [0.2, 0.25) is 15.9 Å². The van der Waals surface area contributed by atoms with Gasteiger partial charge in [-0.05, 0) is 37.5 Å². The quantitative estimate of drug-likeness (QED) is 0.303. The SMILES string of the molecule is Cc1cnc2c(S(=O)(=O)N[C@@H](CCCNc3ncc[nH]3)C(=O)N(C)CC(=O)O)cccc2c1. The molecular weight excluding hydrogens is 448 g/mol. The Kier molecular flexibility index (Phi) is 7.61. The van der Waals surface area contributed by atoms with Crippen molar-refractivity contribution in [2.45, 2.75) is 30.7 Å². The lowest BCUT2D eigenvalue weighted by atomic mass is 10.1. The van der Waals surface area contributed by atoms with Crippen molar-refractivity contribution in [3.05, 3.63) is 48.4 Å². The minimum atomic E-state index is -4.13. The number of carboxylic acids is 1. The molecular formula is C21H26N6O5S. The molecule has 0 fully saturated rings.